The van der Waals surface area contributed by atoms with Gasteiger partial charge in [-0.3, -0.25) is 0 Å². The monoisotopic (exact) mass is 271 g/mol. The highest BCUT2D eigenvalue weighted by molar-refractivity contribution is 5.74. The van der Waals surface area contributed by atoms with E-state index in [9.17, 15) is 0 Å². The predicted octanol–water partition coefficient (Wildman–Crippen LogP) is 2.91. The van der Waals surface area contributed by atoms with E-state index in [0.29, 0.717) is 0 Å². The molecule has 0 aliphatic heterocycles. The van der Waals surface area contributed by atoms with Crippen LogP contribution in [-0.2, 0) is 5.54 Å². The number of anilines is 1. The van der Waals surface area contributed by atoms with Crippen molar-refractivity contribution in [3.05, 3.63) is 23.8 Å². The van der Waals surface area contributed by atoms with Crippen molar-refractivity contribution in [2.24, 2.45) is 0 Å². The third-order valence-corrected chi connectivity index (χ3v) is 4.48. The van der Waals surface area contributed by atoms with Crippen LogP contribution < -0.4 is 5.73 Å². The normalized spacial score (nSPS) is 18.1. The van der Waals surface area contributed by atoms with Crippen molar-refractivity contribution in [1.82, 2.24) is 20.2 Å². The van der Waals surface area contributed by atoms with Gasteiger partial charge in [-0.2, -0.15) is 0 Å². The van der Waals surface area contributed by atoms with Crippen LogP contribution in [0.25, 0.3) is 11.4 Å². The third-order valence-electron chi connectivity index (χ3n) is 4.48. The molecule has 3 rings (SSSR count). The molecule has 5 heteroatoms. The van der Waals surface area contributed by atoms with E-state index in [1.807, 2.05) is 29.8 Å². The molecular formula is C15H21N5. The Kier molecular flexibility index (Phi) is 3.20. The lowest BCUT2D eigenvalue weighted by Crippen LogP contribution is -2.34. The summed E-state index contributed by atoms with van der Waals surface area (Å²) in [6.45, 7) is 4.26. The largest absolute Gasteiger partial charge is 0.398 e. The highest BCUT2D eigenvalue weighted by atomic mass is 15.6. The number of hydrogen-bond acceptors (Lipinski definition) is 4. The molecule has 106 valence electrons. The van der Waals surface area contributed by atoms with Gasteiger partial charge in [0.2, 0.25) is 0 Å². The van der Waals surface area contributed by atoms with E-state index in [2.05, 4.69) is 22.4 Å². The molecular weight excluding hydrogens is 250 g/mol. The topological polar surface area (TPSA) is 69.6 Å². The fourth-order valence-corrected chi connectivity index (χ4v) is 3.12. The van der Waals surface area contributed by atoms with Crippen molar-refractivity contribution >= 4 is 5.69 Å². The minimum atomic E-state index is 0.00721. The fourth-order valence-electron chi connectivity index (χ4n) is 3.12. The average molecular weight is 271 g/mol. The Morgan fingerprint density at radius 2 is 1.95 bits per heavy atom. The van der Waals surface area contributed by atoms with Crippen LogP contribution in [0.4, 0.5) is 5.69 Å². The molecule has 1 aromatic carbocycles. The lowest BCUT2D eigenvalue weighted by atomic mass is 9.83. The van der Waals surface area contributed by atoms with Crippen LogP contribution in [0.5, 0.6) is 0 Å². The van der Waals surface area contributed by atoms with Crippen molar-refractivity contribution in [3.8, 4) is 11.4 Å². The van der Waals surface area contributed by atoms with E-state index >= 15 is 0 Å². The molecule has 1 aromatic heterocycles. The third kappa shape index (κ3) is 2.07. The minimum Gasteiger partial charge on any atom is -0.398 e. The quantitative estimate of drug-likeness (QED) is 0.853. The fraction of sp³-hybridized carbons (Fsp3) is 0.533. The lowest BCUT2D eigenvalue weighted by Gasteiger charge is -2.34. The molecule has 0 bridgehead atoms. The Morgan fingerprint density at radius 1 is 1.20 bits per heavy atom. The maximum Gasteiger partial charge on any atom is 0.184 e. The zero-order valence-corrected chi connectivity index (χ0v) is 12.1. The Labute approximate surface area is 119 Å². The molecule has 0 spiro atoms. The first-order chi connectivity index (χ1) is 9.62. The first-order valence-corrected chi connectivity index (χ1v) is 7.26. The van der Waals surface area contributed by atoms with Crippen LogP contribution in [0.15, 0.2) is 18.2 Å². The summed E-state index contributed by atoms with van der Waals surface area (Å²) in [4.78, 5) is 0. The van der Waals surface area contributed by atoms with E-state index in [4.69, 9.17) is 5.73 Å². The van der Waals surface area contributed by atoms with Gasteiger partial charge in [0.1, 0.15) is 0 Å². The SMILES string of the molecule is Cc1cccc(-c2nnnn2C2(C)CCCCC2)c1N. The minimum absolute atomic E-state index is 0.00721. The van der Waals surface area contributed by atoms with Crippen LogP contribution >= 0.6 is 0 Å². The molecule has 0 radical (unpaired) electrons. The first kappa shape index (κ1) is 13.1. The van der Waals surface area contributed by atoms with Crippen molar-refractivity contribution in [1.29, 1.82) is 0 Å². The second-order valence-corrected chi connectivity index (χ2v) is 6.01. The van der Waals surface area contributed by atoms with E-state index < -0.39 is 0 Å². The summed E-state index contributed by atoms with van der Waals surface area (Å²) in [6, 6.07) is 6.01. The van der Waals surface area contributed by atoms with Crippen molar-refractivity contribution in [3.63, 3.8) is 0 Å². The number of hydrogen-bond donors (Lipinski definition) is 1. The molecule has 0 atom stereocenters. The van der Waals surface area contributed by atoms with E-state index in [-0.39, 0.29) is 5.54 Å². The van der Waals surface area contributed by atoms with E-state index in [0.717, 1.165) is 35.5 Å². The molecule has 2 aromatic rings. The van der Waals surface area contributed by atoms with Gasteiger partial charge in [-0.15, -0.1) is 5.10 Å². The van der Waals surface area contributed by atoms with Crippen LogP contribution in [0, 0.1) is 6.92 Å². The predicted molar refractivity (Wildman–Crippen MR) is 79.1 cm³/mol. The second-order valence-electron chi connectivity index (χ2n) is 6.01. The number of nitrogen functional groups attached to an aromatic ring is 1. The molecule has 2 N–H and O–H groups in total. The van der Waals surface area contributed by atoms with Crippen molar-refractivity contribution in [2.45, 2.75) is 51.5 Å². The smallest absolute Gasteiger partial charge is 0.184 e. The Hall–Kier alpha value is -1.91. The zero-order chi connectivity index (χ0) is 14.2. The molecule has 1 saturated carbocycles. The number of rotatable bonds is 2. The second kappa shape index (κ2) is 4.89. The van der Waals surface area contributed by atoms with Gasteiger partial charge >= 0.3 is 0 Å². The summed E-state index contributed by atoms with van der Waals surface area (Å²) in [7, 11) is 0. The van der Waals surface area contributed by atoms with E-state index in [1.54, 1.807) is 0 Å². The number of aryl methyl sites for hydroxylation is 1. The standard InChI is InChI=1S/C15H21N5/c1-11-7-6-8-12(13(11)16)14-17-18-19-20(14)15(2)9-4-3-5-10-15/h6-8H,3-5,9-10,16H2,1-2H3. The van der Waals surface area contributed by atoms with Gasteiger partial charge in [-0.1, -0.05) is 31.4 Å². The zero-order valence-electron chi connectivity index (χ0n) is 12.1. The highest BCUT2D eigenvalue weighted by Crippen LogP contribution is 2.37. The van der Waals surface area contributed by atoms with Gasteiger partial charge in [-0.05, 0) is 48.7 Å². The average Bonchev–Trinajstić information content (AvgIpc) is 2.93. The number of nitrogens with two attached hydrogens (primary N) is 1. The van der Waals surface area contributed by atoms with Crippen LogP contribution in [0.2, 0.25) is 0 Å². The van der Waals surface area contributed by atoms with Crippen LogP contribution in [0.1, 0.15) is 44.6 Å². The number of aromatic nitrogens is 4. The summed E-state index contributed by atoms with van der Waals surface area (Å²) in [5.41, 5.74) is 8.97. The molecule has 0 unspecified atom stereocenters. The van der Waals surface area contributed by atoms with Gasteiger partial charge in [0, 0.05) is 11.3 Å². The summed E-state index contributed by atoms with van der Waals surface area (Å²) >= 11 is 0. The molecule has 1 fully saturated rings. The van der Waals surface area contributed by atoms with Gasteiger partial charge in [0.05, 0.1) is 5.54 Å². The maximum atomic E-state index is 6.21. The van der Waals surface area contributed by atoms with Gasteiger partial charge < -0.3 is 5.73 Å². The Bertz CT molecular complexity index is 610. The maximum absolute atomic E-state index is 6.21. The lowest BCUT2D eigenvalue weighted by molar-refractivity contribution is 0.197. The van der Waals surface area contributed by atoms with Crippen LogP contribution in [-0.4, -0.2) is 20.2 Å². The summed E-state index contributed by atoms with van der Waals surface area (Å²) in [5.74, 6) is 0.788. The van der Waals surface area contributed by atoms with Crippen molar-refractivity contribution < 1.29 is 0 Å². The molecule has 0 amide bonds. The number of benzene rings is 1. The summed E-state index contributed by atoms with van der Waals surface area (Å²) < 4.78 is 1.98. The molecule has 1 aliphatic carbocycles. The molecule has 5 nitrogen and oxygen atoms in total. The molecule has 1 heterocycles. The van der Waals surface area contributed by atoms with Gasteiger partial charge in [-0.25, -0.2) is 4.68 Å². The molecule has 0 saturated heterocycles. The summed E-state index contributed by atoms with van der Waals surface area (Å²) in [6.07, 6.45) is 6.02. The number of nitrogens with zero attached hydrogens (tertiary/aromatic N) is 4. The molecule has 1 aliphatic rings. The first-order valence-electron chi connectivity index (χ1n) is 7.26. The van der Waals surface area contributed by atoms with Gasteiger partial charge in [0.25, 0.3) is 0 Å². The van der Waals surface area contributed by atoms with Crippen LogP contribution in [0.3, 0.4) is 0 Å². The van der Waals surface area contributed by atoms with Crippen molar-refractivity contribution in [2.75, 3.05) is 5.73 Å². The number of para-hydroxylation sites is 1. The summed E-state index contributed by atoms with van der Waals surface area (Å²) in [5, 5.41) is 12.4. The van der Waals surface area contributed by atoms with E-state index in [1.165, 1.54) is 19.3 Å². The molecule has 20 heavy (non-hydrogen) atoms. The Balaban J connectivity index is 2.08. The highest BCUT2D eigenvalue weighted by Gasteiger charge is 2.33. The van der Waals surface area contributed by atoms with Gasteiger partial charge in [0.15, 0.2) is 5.82 Å². The number of tetrazole rings is 1. The Morgan fingerprint density at radius 3 is 2.70 bits per heavy atom.